The van der Waals surface area contributed by atoms with Gasteiger partial charge in [0.05, 0.1) is 10.9 Å². The number of nitrogens with one attached hydrogen (secondary N) is 2. The summed E-state index contributed by atoms with van der Waals surface area (Å²) in [6.07, 6.45) is 0. The van der Waals surface area contributed by atoms with E-state index in [-0.39, 0.29) is 16.8 Å². The van der Waals surface area contributed by atoms with Crippen LogP contribution in [0.15, 0.2) is 77.7 Å². The van der Waals surface area contributed by atoms with E-state index in [4.69, 9.17) is 0 Å². The summed E-state index contributed by atoms with van der Waals surface area (Å²) in [5.74, 6) is -0.323. The lowest BCUT2D eigenvalue weighted by atomic mass is 10.0. The fourth-order valence-electron chi connectivity index (χ4n) is 3.41. The van der Waals surface area contributed by atoms with Gasteiger partial charge in [0, 0.05) is 17.8 Å². The number of sulfonamides is 1. The lowest BCUT2D eigenvalue weighted by molar-refractivity contribution is 0.0941. The summed E-state index contributed by atoms with van der Waals surface area (Å²) in [7, 11) is 0.102. The van der Waals surface area contributed by atoms with Crippen molar-refractivity contribution in [2.45, 2.75) is 24.8 Å². The molecule has 0 aliphatic heterocycles. The van der Waals surface area contributed by atoms with Gasteiger partial charge in [0.25, 0.3) is 15.9 Å². The number of likely N-dealkylation sites (N-methyl/N-ethyl adjacent to an activating group) is 1. The highest BCUT2D eigenvalue weighted by atomic mass is 32.2. The van der Waals surface area contributed by atoms with Crippen molar-refractivity contribution in [1.82, 2.24) is 10.2 Å². The SMILES string of the molecule is Cc1ccc(C(CNC(=O)c2cccc(S(=O)(=O)Nc3cccc(C)c3)c2)N(C)C)cc1. The number of hydrogen-bond acceptors (Lipinski definition) is 4. The minimum Gasteiger partial charge on any atom is -0.350 e. The molecule has 0 spiro atoms. The highest BCUT2D eigenvalue weighted by Crippen LogP contribution is 2.20. The monoisotopic (exact) mass is 451 g/mol. The van der Waals surface area contributed by atoms with Crippen molar-refractivity contribution < 1.29 is 13.2 Å². The van der Waals surface area contributed by atoms with Gasteiger partial charge in [-0.15, -0.1) is 0 Å². The minimum absolute atomic E-state index is 0.00514. The summed E-state index contributed by atoms with van der Waals surface area (Å²) < 4.78 is 28.2. The van der Waals surface area contributed by atoms with Gasteiger partial charge in [0.15, 0.2) is 0 Å². The van der Waals surface area contributed by atoms with Gasteiger partial charge in [-0.1, -0.05) is 48.0 Å². The Labute approximate surface area is 190 Å². The normalized spacial score (nSPS) is 12.4. The van der Waals surface area contributed by atoms with E-state index >= 15 is 0 Å². The topological polar surface area (TPSA) is 78.5 Å². The molecular formula is C25H29N3O3S. The molecule has 1 unspecified atom stereocenters. The number of rotatable bonds is 8. The van der Waals surface area contributed by atoms with Crippen LogP contribution in [0, 0.1) is 13.8 Å². The highest BCUT2D eigenvalue weighted by molar-refractivity contribution is 7.92. The average molecular weight is 452 g/mol. The van der Waals surface area contributed by atoms with E-state index < -0.39 is 10.0 Å². The maximum atomic E-state index is 12.8. The summed E-state index contributed by atoms with van der Waals surface area (Å²) in [5.41, 5.74) is 3.99. The Bertz CT molecular complexity index is 1190. The van der Waals surface area contributed by atoms with E-state index in [2.05, 4.69) is 22.2 Å². The van der Waals surface area contributed by atoms with E-state index in [0.29, 0.717) is 17.8 Å². The number of carbonyl (C=O) groups is 1. The molecule has 0 heterocycles. The third-order valence-corrected chi connectivity index (χ3v) is 6.60. The molecule has 3 rings (SSSR count). The van der Waals surface area contributed by atoms with Gasteiger partial charge in [-0.05, 0) is 69.4 Å². The maximum absolute atomic E-state index is 12.8. The first kappa shape index (κ1) is 23.5. The Balaban J connectivity index is 1.73. The number of amides is 1. The standard InChI is InChI=1S/C25H29N3O3S/c1-18-11-13-20(14-12-18)24(28(3)4)17-26-25(29)21-8-6-10-23(16-21)32(30,31)27-22-9-5-7-19(2)15-22/h5-16,24,27H,17H2,1-4H3,(H,26,29). The number of carbonyl (C=O) groups excluding carboxylic acids is 1. The van der Waals surface area contributed by atoms with Crippen LogP contribution >= 0.6 is 0 Å². The lowest BCUT2D eigenvalue weighted by Gasteiger charge is -2.25. The van der Waals surface area contributed by atoms with Gasteiger partial charge in [0.1, 0.15) is 0 Å². The smallest absolute Gasteiger partial charge is 0.261 e. The fourth-order valence-corrected chi connectivity index (χ4v) is 4.50. The van der Waals surface area contributed by atoms with Crippen LogP contribution < -0.4 is 10.0 Å². The van der Waals surface area contributed by atoms with Crippen molar-refractivity contribution >= 4 is 21.6 Å². The second-order valence-electron chi connectivity index (χ2n) is 8.10. The van der Waals surface area contributed by atoms with Crippen LogP contribution in [-0.2, 0) is 10.0 Å². The molecule has 3 aromatic rings. The molecule has 0 bridgehead atoms. The molecule has 0 radical (unpaired) electrons. The zero-order chi connectivity index (χ0) is 23.3. The lowest BCUT2D eigenvalue weighted by Crippen LogP contribution is -2.34. The molecule has 2 N–H and O–H groups in total. The Hall–Kier alpha value is -3.16. The molecule has 0 aliphatic carbocycles. The summed E-state index contributed by atoms with van der Waals surface area (Å²) in [6.45, 7) is 4.32. The van der Waals surface area contributed by atoms with Gasteiger partial charge in [-0.25, -0.2) is 8.42 Å². The van der Waals surface area contributed by atoms with Crippen LogP contribution in [0.1, 0.15) is 33.1 Å². The molecule has 0 aliphatic rings. The van der Waals surface area contributed by atoms with Crippen molar-refractivity contribution in [3.8, 4) is 0 Å². The van der Waals surface area contributed by atoms with E-state index in [1.807, 2.05) is 51.0 Å². The average Bonchev–Trinajstić information content (AvgIpc) is 2.74. The van der Waals surface area contributed by atoms with Crippen molar-refractivity contribution in [2.75, 3.05) is 25.4 Å². The molecule has 0 saturated carbocycles. The molecule has 0 fully saturated rings. The van der Waals surface area contributed by atoms with E-state index in [1.165, 1.54) is 17.7 Å². The summed E-state index contributed by atoms with van der Waals surface area (Å²) >= 11 is 0. The molecular weight excluding hydrogens is 422 g/mol. The molecule has 0 saturated heterocycles. The van der Waals surface area contributed by atoms with Crippen LogP contribution in [0.25, 0.3) is 0 Å². The van der Waals surface area contributed by atoms with Crippen LogP contribution in [-0.4, -0.2) is 39.9 Å². The minimum atomic E-state index is -3.82. The Morgan fingerprint density at radius 3 is 2.25 bits per heavy atom. The van der Waals surface area contributed by atoms with Crippen LogP contribution in [0.5, 0.6) is 0 Å². The molecule has 7 heteroatoms. The van der Waals surface area contributed by atoms with Crippen molar-refractivity contribution in [1.29, 1.82) is 0 Å². The number of nitrogens with zero attached hydrogens (tertiary/aromatic N) is 1. The Kier molecular flexibility index (Phi) is 7.33. The van der Waals surface area contributed by atoms with E-state index in [0.717, 1.165) is 11.1 Å². The van der Waals surface area contributed by atoms with Gasteiger partial charge >= 0.3 is 0 Å². The van der Waals surface area contributed by atoms with Gasteiger partial charge in [0.2, 0.25) is 0 Å². The van der Waals surface area contributed by atoms with Crippen molar-refractivity contribution in [3.05, 3.63) is 95.1 Å². The number of benzene rings is 3. The van der Waals surface area contributed by atoms with Gasteiger partial charge in [-0.2, -0.15) is 0 Å². The third kappa shape index (κ3) is 5.96. The zero-order valence-electron chi connectivity index (χ0n) is 18.8. The molecule has 168 valence electrons. The van der Waals surface area contributed by atoms with E-state index in [9.17, 15) is 13.2 Å². The van der Waals surface area contributed by atoms with Crippen LogP contribution in [0.2, 0.25) is 0 Å². The van der Waals surface area contributed by atoms with Gasteiger partial charge in [-0.3, -0.25) is 9.52 Å². The molecule has 0 aromatic heterocycles. The summed E-state index contributed by atoms with van der Waals surface area (Å²) in [5, 5.41) is 2.93. The Morgan fingerprint density at radius 1 is 0.906 bits per heavy atom. The molecule has 1 atom stereocenters. The summed E-state index contributed by atoms with van der Waals surface area (Å²) in [6, 6.07) is 21.4. The highest BCUT2D eigenvalue weighted by Gasteiger charge is 2.19. The third-order valence-electron chi connectivity index (χ3n) is 5.22. The Morgan fingerprint density at radius 2 is 1.59 bits per heavy atom. The fraction of sp³-hybridized carbons (Fsp3) is 0.240. The maximum Gasteiger partial charge on any atom is 0.261 e. The first-order chi connectivity index (χ1) is 15.2. The number of anilines is 1. The second kappa shape index (κ2) is 9.97. The quantitative estimate of drug-likeness (QED) is 0.540. The first-order valence-corrected chi connectivity index (χ1v) is 11.8. The predicted octanol–water partition coefficient (Wildman–Crippen LogP) is 4.14. The van der Waals surface area contributed by atoms with E-state index in [1.54, 1.807) is 30.3 Å². The molecule has 3 aromatic carbocycles. The van der Waals surface area contributed by atoms with Gasteiger partial charge < -0.3 is 10.2 Å². The first-order valence-electron chi connectivity index (χ1n) is 10.4. The second-order valence-corrected chi connectivity index (χ2v) is 9.79. The summed E-state index contributed by atoms with van der Waals surface area (Å²) in [4.78, 5) is 14.9. The molecule has 1 amide bonds. The molecule has 32 heavy (non-hydrogen) atoms. The van der Waals surface area contributed by atoms with Crippen molar-refractivity contribution in [2.24, 2.45) is 0 Å². The number of hydrogen-bond donors (Lipinski definition) is 2. The number of aryl methyl sites for hydroxylation is 2. The molecule has 6 nitrogen and oxygen atoms in total. The van der Waals surface area contributed by atoms with Crippen LogP contribution in [0.4, 0.5) is 5.69 Å². The predicted molar refractivity (Wildman–Crippen MR) is 128 cm³/mol. The largest absolute Gasteiger partial charge is 0.350 e. The van der Waals surface area contributed by atoms with Crippen molar-refractivity contribution in [3.63, 3.8) is 0 Å². The zero-order valence-corrected chi connectivity index (χ0v) is 19.6. The van der Waals surface area contributed by atoms with Crippen LogP contribution in [0.3, 0.4) is 0 Å².